The van der Waals surface area contributed by atoms with Crippen molar-refractivity contribution in [1.29, 1.82) is 0 Å². The molecule has 1 amide bonds. The minimum Gasteiger partial charge on any atom is -0.335 e. The van der Waals surface area contributed by atoms with E-state index in [0.29, 0.717) is 21.5 Å². The number of thiophene rings is 1. The minimum absolute atomic E-state index is 0.0576. The van der Waals surface area contributed by atoms with E-state index < -0.39 is 15.9 Å². The van der Waals surface area contributed by atoms with Crippen molar-refractivity contribution in [1.82, 2.24) is 9.99 Å². The second kappa shape index (κ2) is 9.25. The molecule has 0 aliphatic carbocycles. The number of rotatable bonds is 7. The summed E-state index contributed by atoms with van der Waals surface area (Å²) >= 11 is 4.42. The molecular formula is C21H17BrN4O4S2. The molecule has 0 saturated heterocycles. The normalized spacial score (nSPS) is 11.3. The van der Waals surface area contributed by atoms with Crippen molar-refractivity contribution in [3.63, 3.8) is 0 Å². The van der Waals surface area contributed by atoms with E-state index in [0.717, 1.165) is 11.3 Å². The summed E-state index contributed by atoms with van der Waals surface area (Å²) in [5, 5.41) is 9.41. The highest BCUT2D eigenvalue weighted by Crippen LogP contribution is 2.34. The van der Waals surface area contributed by atoms with Gasteiger partial charge in [0, 0.05) is 5.69 Å². The van der Waals surface area contributed by atoms with Crippen molar-refractivity contribution in [2.24, 2.45) is 0 Å². The van der Waals surface area contributed by atoms with Crippen molar-refractivity contribution in [3.05, 3.63) is 87.2 Å². The third-order valence-corrected chi connectivity index (χ3v) is 7.66. The summed E-state index contributed by atoms with van der Waals surface area (Å²) in [5.41, 5.74) is 1.62. The number of sulfonamides is 1. The molecule has 0 aliphatic rings. The number of carbonyl (C=O) groups excluding carboxylic acids is 1. The first-order chi connectivity index (χ1) is 15.4. The molecule has 11 heteroatoms. The molecule has 0 radical (unpaired) electrons. The van der Waals surface area contributed by atoms with Crippen LogP contribution < -0.4 is 15.2 Å². The highest BCUT2D eigenvalue weighted by atomic mass is 79.9. The van der Waals surface area contributed by atoms with Gasteiger partial charge in [-0.2, -0.15) is 0 Å². The highest BCUT2D eigenvalue weighted by molar-refractivity contribution is 9.10. The smallest absolute Gasteiger partial charge is 0.267 e. The number of aryl methyl sites for hydroxylation is 1. The molecule has 0 fully saturated rings. The molecule has 32 heavy (non-hydrogen) atoms. The van der Waals surface area contributed by atoms with Gasteiger partial charge in [-0.3, -0.25) is 4.79 Å². The molecule has 164 valence electrons. The summed E-state index contributed by atoms with van der Waals surface area (Å²) in [4.78, 5) is 15.2. The zero-order valence-electron chi connectivity index (χ0n) is 16.7. The molecule has 0 aliphatic heterocycles. The van der Waals surface area contributed by atoms with Crippen LogP contribution in [0.5, 0.6) is 0 Å². The molecule has 2 aromatic carbocycles. The van der Waals surface area contributed by atoms with Gasteiger partial charge >= 0.3 is 0 Å². The Morgan fingerprint density at radius 3 is 2.34 bits per heavy atom. The number of hydrogen-bond donors (Lipinski definition) is 2. The van der Waals surface area contributed by atoms with Gasteiger partial charge in [0.2, 0.25) is 0 Å². The number of para-hydroxylation sites is 2. The second-order valence-electron chi connectivity index (χ2n) is 6.59. The molecule has 4 rings (SSSR count). The van der Waals surface area contributed by atoms with Crippen LogP contribution >= 0.6 is 27.3 Å². The molecule has 0 spiro atoms. The van der Waals surface area contributed by atoms with E-state index in [2.05, 4.69) is 31.2 Å². The van der Waals surface area contributed by atoms with Gasteiger partial charge in [-0.25, -0.2) is 13.4 Å². The van der Waals surface area contributed by atoms with Crippen LogP contribution in [-0.4, -0.2) is 19.5 Å². The second-order valence-corrected chi connectivity index (χ2v) is 9.93. The van der Waals surface area contributed by atoms with Crippen molar-refractivity contribution in [3.8, 4) is 0 Å². The summed E-state index contributed by atoms with van der Waals surface area (Å²) in [7, 11) is -4.17. The Labute approximate surface area is 197 Å². The van der Waals surface area contributed by atoms with Crippen molar-refractivity contribution >= 4 is 60.5 Å². The van der Waals surface area contributed by atoms with E-state index in [1.54, 1.807) is 60.8 Å². The quantitative estimate of drug-likeness (QED) is 0.321. The lowest BCUT2D eigenvalue weighted by Gasteiger charge is -2.22. The van der Waals surface area contributed by atoms with Gasteiger partial charge in [0.15, 0.2) is 0 Å². The van der Waals surface area contributed by atoms with Gasteiger partial charge in [-0.1, -0.05) is 41.6 Å². The summed E-state index contributed by atoms with van der Waals surface area (Å²) in [6.07, 6.45) is 0. The summed E-state index contributed by atoms with van der Waals surface area (Å²) in [6, 6.07) is 19.0. The lowest BCUT2D eigenvalue weighted by Crippen LogP contribution is -2.39. The molecule has 2 heterocycles. The van der Waals surface area contributed by atoms with Gasteiger partial charge in [0.1, 0.15) is 14.2 Å². The molecular weight excluding hydrogens is 516 g/mol. The fourth-order valence-electron chi connectivity index (χ4n) is 2.83. The lowest BCUT2D eigenvalue weighted by molar-refractivity contribution is 0.102. The first kappa shape index (κ1) is 22.2. The van der Waals surface area contributed by atoms with Gasteiger partial charge in [-0.15, -0.1) is 16.2 Å². The van der Waals surface area contributed by atoms with Gasteiger partial charge < -0.3 is 9.84 Å². The number of nitrogens with zero attached hydrogens (tertiary/aromatic N) is 2. The summed E-state index contributed by atoms with van der Waals surface area (Å²) in [5.74, 6) is -0.364. The minimum atomic E-state index is -4.17. The Morgan fingerprint density at radius 2 is 1.72 bits per heavy atom. The van der Waals surface area contributed by atoms with Crippen LogP contribution in [0.4, 0.5) is 17.3 Å². The average molecular weight is 533 g/mol. The van der Waals surface area contributed by atoms with Gasteiger partial charge in [-0.05, 0) is 58.6 Å². The highest BCUT2D eigenvalue weighted by Gasteiger charge is 2.29. The van der Waals surface area contributed by atoms with Gasteiger partial charge in [0.25, 0.3) is 21.8 Å². The molecule has 2 N–H and O–H groups in total. The molecule has 0 atom stereocenters. The van der Waals surface area contributed by atoms with Crippen LogP contribution in [0.25, 0.3) is 0 Å². The summed E-state index contributed by atoms with van der Waals surface area (Å²) in [6.45, 7) is 1.72. The van der Waals surface area contributed by atoms with E-state index in [9.17, 15) is 13.2 Å². The Bertz CT molecular complexity index is 1340. The third kappa shape index (κ3) is 4.60. The number of hydrogen-bond acceptors (Lipinski definition) is 7. The van der Waals surface area contributed by atoms with Crippen LogP contribution in [-0.2, 0) is 10.0 Å². The molecule has 2 aromatic heterocycles. The van der Waals surface area contributed by atoms with E-state index in [1.807, 2.05) is 12.1 Å². The van der Waals surface area contributed by atoms with Crippen molar-refractivity contribution in [2.45, 2.75) is 11.8 Å². The van der Waals surface area contributed by atoms with Crippen LogP contribution in [0.15, 0.2) is 86.0 Å². The molecule has 8 nitrogen and oxygen atoms in total. The molecule has 4 aromatic rings. The summed E-state index contributed by atoms with van der Waals surface area (Å²) < 4.78 is 32.5. The number of hydrazine groups is 1. The number of amides is 1. The fourth-order valence-corrected chi connectivity index (χ4v) is 5.50. The topological polar surface area (TPSA) is 105 Å². The Balaban J connectivity index is 1.68. The molecule has 0 bridgehead atoms. The van der Waals surface area contributed by atoms with Crippen molar-refractivity contribution in [2.75, 3.05) is 10.3 Å². The maximum atomic E-state index is 13.3. The average Bonchev–Trinajstić information content (AvgIpc) is 3.42. The largest absolute Gasteiger partial charge is 0.335 e. The predicted octanol–water partition coefficient (Wildman–Crippen LogP) is 5.09. The van der Waals surface area contributed by atoms with Crippen LogP contribution in [0.2, 0.25) is 0 Å². The Kier molecular flexibility index (Phi) is 6.42. The maximum Gasteiger partial charge on any atom is 0.267 e. The standard InChI is InChI=1S/C21H17BrN4O4S2/c1-14-18(22)21(30-24-14)26(16-10-6-3-7-11-16)25-32(28,29)17-12-13-31-19(17)20(27)23-15-8-4-2-5-9-15/h2-13,25H,1H3,(H,23,27). The van der Waals surface area contributed by atoms with Crippen LogP contribution in [0.3, 0.4) is 0 Å². The monoisotopic (exact) mass is 532 g/mol. The van der Waals surface area contributed by atoms with E-state index in [4.69, 9.17) is 4.52 Å². The zero-order valence-corrected chi connectivity index (χ0v) is 19.9. The number of carbonyl (C=O) groups is 1. The van der Waals surface area contributed by atoms with Crippen molar-refractivity contribution < 1.29 is 17.7 Å². The van der Waals surface area contributed by atoms with E-state index >= 15 is 0 Å². The number of benzene rings is 2. The number of anilines is 3. The molecule has 0 unspecified atom stereocenters. The first-order valence-electron chi connectivity index (χ1n) is 9.30. The number of halogens is 1. The first-order valence-corrected chi connectivity index (χ1v) is 12.5. The van der Waals surface area contributed by atoms with Crippen LogP contribution in [0, 0.1) is 6.92 Å². The fraction of sp³-hybridized carbons (Fsp3) is 0.0476. The molecule has 0 saturated carbocycles. The van der Waals surface area contributed by atoms with E-state index in [-0.39, 0.29) is 15.7 Å². The third-order valence-electron chi connectivity index (χ3n) is 4.36. The van der Waals surface area contributed by atoms with Crippen LogP contribution in [0.1, 0.15) is 15.4 Å². The SMILES string of the molecule is Cc1noc(N(NS(=O)(=O)c2ccsc2C(=O)Nc2ccccc2)c2ccccc2)c1Br. The zero-order chi connectivity index (χ0) is 22.7. The lowest BCUT2D eigenvalue weighted by atomic mass is 10.3. The number of nitrogens with one attached hydrogen (secondary N) is 2. The Hall–Kier alpha value is -2.99. The van der Waals surface area contributed by atoms with Gasteiger partial charge in [0.05, 0.1) is 11.4 Å². The number of aromatic nitrogens is 1. The predicted molar refractivity (Wildman–Crippen MR) is 127 cm³/mol. The maximum absolute atomic E-state index is 13.3. The van der Waals surface area contributed by atoms with E-state index in [1.165, 1.54) is 11.1 Å². The Morgan fingerprint density at radius 1 is 1.06 bits per heavy atom.